The Bertz CT molecular complexity index is 811. The van der Waals surface area contributed by atoms with E-state index in [9.17, 15) is 4.79 Å². The molecular formula is C28H49N7O2. The molecule has 3 heterocycles. The molecule has 37 heavy (non-hydrogen) atoms. The van der Waals surface area contributed by atoms with Gasteiger partial charge in [0.1, 0.15) is 5.82 Å². The molecule has 1 saturated carbocycles. The highest BCUT2D eigenvalue weighted by Gasteiger charge is 2.36. The summed E-state index contributed by atoms with van der Waals surface area (Å²) in [5.74, 6) is 1.63. The molecule has 3 atom stereocenters. The number of nitrogens with zero attached hydrogens (tertiary/aromatic N) is 4. The first kappa shape index (κ1) is 28.0. The van der Waals surface area contributed by atoms with Crippen molar-refractivity contribution in [1.29, 1.82) is 0 Å². The summed E-state index contributed by atoms with van der Waals surface area (Å²) < 4.78 is 0. The lowest BCUT2D eigenvalue weighted by Crippen LogP contribution is -2.56. The lowest BCUT2D eigenvalue weighted by atomic mass is 9.87. The van der Waals surface area contributed by atoms with Crippen molar-refractivity contribution in [3.63, 3.8) is 0 Å². The second kappa shape index (κ2) is 14.8. The van der Waals surface area contributed by atoms with E-state index in [0.29, 0.717) is 31.5 Å². The number of hydrogen-bond donors (Lipinski definition) is 4. The lowest BCUT2D eigenvalue weighted by molar-refractivity contribution is -0.122. The van der Waals surface area contributed by atoms with Crippen molar-refractivity contribution >= 4 is 17.7 Å². The molecule has 4 rings (SSSR count). The number of aliphatic hydroxyl groups excluding tert-OH is 1. The van der Waals surface area contributed by atoms with Gasteiger partial charge >= 0.3 is 0 Å². The van der Waals surface area contributed by atoms with Crippen LogP contribution in [0, 0.1) is 0 Å². The predicted octanol–water partition coefficient (Wildman–Crippen LogP) is 3.04. The van der Waals surface area contributed by atoms with Crippen LogP contribution in [0.5, 0.6) is 0 Å². The molecule has 9 heteroatoms. The zero-order valence-electron chi connectivity index (χ0n) is 22.6. The number of carbonyl (C=O) groups is 1. The molecule has 208 valence electrons. The van der Waals surface area contributed by atoms with E-state index in [0.717, 1.165) is 50.7 Å². The summed E-state index contributed by atoms with van der Waals surface area (Å²) in [5, 5.41) is 15.8. The Morgan fingerprint density at radius 1 is 1.05 bits per heavy atom. The van der Waals surface area contributed by atoms with Crippen molar-refractivity contribution in [2.24, 2.45) is 5.73 Å². The van der Waals surface area contributed by atoms with Gasteiger partial charge in [-0.15, -0.1) is 0 Å². The molecule has 1 aromatic rings. The molecule has 1 amide bonds. The quantitative estimate of drug-likeness (QED) is 0.355. The third kappa shape index (κ3) is 8.26. The van der Waals surface area contributed by atoms with E-state index in [-0.39, 0.29) is 18.6 Å². The van der Waals surface area contributed by atoms with Crippen LogP contribution in [0.15, 0.2) is 12.3 Å². The van der Waals surface area contributed by atoms with Crippen molar-refractivity contribution in [2.75, 3.05) is 43.0 Å². The van der Waals surface area contributed by atoms with Gasteiger partial charge in [0, 0.05) is 50.6 Å². The van der Waals surface area contributed by atoms with E-state index < -0.39 is 6.04 Å². The molecule has 1 aromatic heterocycles. The van der Waals surface area contributed by atoms with Gasteiger partial charge in [-0.25, -0.2) is 4.98 Å². The summed E-state index contributed by atoms with van der Waals surface area (Å²) in [4.78, 5) is 27.2. The zero-order valence-corrected chi connectivity index (χ0v) is 22.6. The van der Waals surface area contributed by atoms with E-state index >= 15 is 0 Å². The van der Waals surface area contributed by atoms with E-state index in [4.69, 9.17) is 15.8 Å². The minimum atomic E-state index is -0.558. The van der Waals surface area contributed by atoms with Crippen molar-refractivity contribution in [2.45, 2.75) is 114 Å². The number of aliphatic hydroxyl groups is 1. The third-order valence-corrected chi connectivity index (χ3v) is 8.50. The topological polar surface area (TPSA) is 120 Å². The Balaban J connectivity index is 1.42. The lowest BCUT2D eigenvalue weighted by Gasteiger charge is -2.47. The van der Waals surface area contributed by atoms with Crippen molar-refractivity contribution in [3.05, 3.63) is 12.3 Å². The van der Waals surface area contributed by atoms with E-state index in [2.05, 4.69) is 25.4 Å². The Morgan fingerprint density at radius 3 is 2.57 bits per heavy atom. The third-order valence-electron chi connectivity index (χ3n) is 8.50. The van der Waals surface area contributed by atoms with Crippen LogP contribution in [-0.2, 0) is 4.79 Å². The highest BCUT2D eigenvalue weighted by atomic mass is 16.3. The summed E-state index contributed by atoms with van der Waals surface area (Å²) >= 11 is 0. The first-order valence-electron chi connectivity index (χ1n) is 14.9. The molecule has 0 spiro atoms. The fraction of sp³-hybridized carbons (Fsp3) is 0.821. The maximum absolute atomic E-state index is 12.5. The molecule has 2 aliphatic heterocycles. The zero-order chi connectivity index (χ0) is 25.9. The summed E-state index contributed by atoms with van der Waals surface area (Å²) in [6.45, 7) is 3.92. The molecule has 5 N–H and O–H groups in total. The van der Waals surface area contributed by atoms with Crippen molar-refractivity contribution in [3.8, 4) is 0 Å². The monoisotopic (exact) mass is 515 g/mol. The molecule has 0 aromatic carbocycles. The van der Waals surface area contributed by atoms with Gasteiger partial charge in [-0.2, -0.15) is 4.98 Å². The summed E-state index contributed by atoms with van der Waals surface area (Å²) in [7, 11) is 0. The maximum Gasteiger partial charge on any atom is 0.236 e. The number of amides is 1. The summed E-state index contributed by atoms with van der Waals surface area (Å²) in [6.07, 6.45) is 17.6. The van der Waals surface area contributed by atoms with Crippen LogP contribution < -0.4 is 21.3 Å². The van der Waals surface area contributed by atoms with E-state index in [1.165, 1.54) is 57.8 Å². The van der Waals surface area contributed by atoms with Gasteiger partial charge in [0.2, 0.25) is 11.9 Å². The first-order chi connectivity index (χ1) is 18.2. The average Bonchev–Trinajstić information content (AvgIpc) is 3.23. The number of carbonyl (C=O) groups excluding carboxylic acids is 1. The number of aromatic nitrogens is 2. The Kier molecular flexibility index (Phi) is 11.2. The average molecular weight is 516 g/mol. The normalized spacial score (nSPS) is 24.9. The largest absolute Gasteiger partial charge is 0.396 e. The number of anilines is 2. The maximum atomic E-state index is 12.5. The van der Waals surface area contributed by atoms with Gasteiger partial charge in [-0.05, 0) is 70.4 Å². The SMILES string of the molecule is N[C@H](CCCO)C(=O)NCCC1C(Nc2nccc(N3CCCCCC3)n2)CCCN1C1CCCCC1. The number of piperidine rings is 1. The fourth-order valence-electron chi connectivity index (χ4n) is 6.46. The molecular weight excluding hydrogens is 466 g/mol. The number of rotatable bonds is 11. The smallest absolute Gasteiger partial charge is 0.236 e. The van der Waals surface area contributed by atoms with Crippen LogP contribution in [0.2, 0.25) is 0 Å². The second-order valence-corrected chi connectivity index (χ2v) is 11.2. The van der Waals surface area contributed by atoms with Gasteiger partial charge in [0.15, 0.2) is 0 Å². The highest BCUT2D eigenvalue weighted by Crippen LogP contribution is 2.31. The van der Waals surface area contributed by atoms with Crippen LogP contribution >= 0.6 is 0 Å². The van der Waals surface area contributed by atoms with Crippen molar-refractivity contribution in [1.82, 2.24) is 20.2 Å². The standard InChI is InChI=1S/C28H49N7O2/c29-23(12-9-21-36)27(37)30-16-14-25-24(13-8-20-35(25)22-10-4-3-5-11-22)32-28-31-17-15-26(33-28)34-18-6-1-2-7-19-34/h15,17,22-25,36H,1-14,16,18-21,29H2,(H,30,37)(H,31,32,33)/t23-,24?,25?/m1/s1. The van der Waals surface area contributed by atoms with Gasteiger partial charge in [0.25, 0.3) is 0 Å². The number of likely N-dealkylation sites (tertiary alicyclic amines) is 1. The molecule has 3 aliphatic rings. The molecule has 0 radical (unpaired) electrons. The minimum Gasteiger partial charge on any atom is -0.396 e. The van der Waals surface area contributed by atoms with Crippen LogP contribution in [-0.4, -0.2) is 82.8 Å². The molecule has 2 unspecified atom stereocenters. The van der Waals surface area contributed by atoms with Gasteiger partial charge < -0.3 is 26.4 Å². The first-order valence-corrected chi connectivity index (χ1v) is 14.9. The Morgan fingerprint density at radius 2 is 1.81 bits per heavy atom. The van der Waals surface area contributed by atoms with Gasteiger partial charge in [0.05, 0.1) is 6.04 Å². The molecule has 2 saturated heterocycles. The van der Waals surface area contributed by atoms with E-state index in [1.54, 1.807) is 0 Å². The van der Waals surface area contributed by atoms with Crippen LogP contribution in [0.1, 0.15) is 89.9 Å². The summed E-state index contributed by atoms with van der Waals surface area (Å²) in [5.41, 5.74) is 6.02. The second-order valence-electron chi connectivity index (χ2n) is 11.2. The Labute approximate surface area is 223 Å². The number of nitrogens with two attached hydrogens (primary N) is 1. The van der Waals surface area contributed by atoms with Crippen molar-refractivity contribution < 1.29 is 9.90 Å². The molecule has 0 bridgehead atoms. The van der Waals surface area contributed by atoms with Crippen LogP contribution in [0.4, 0.5) is 11.8 Å². The van der Waals surface area contributed by atoms with E-state index in [1.807, 2.05) is 12.3 Å². The number of nitrogens with one attached hydrogen (secondary N) is 2. The molecule has 9 nitrogen and oxygen atoms in total. The number of hydrogen-bond acceptors (Lipinski definition) is 8. The Hall–Kier alpha value is -1.97. The predicted molar refractivity (Wildman–Crippen MR) is 149 cm³/mol. The van der Waals surface area contributed by atoms with Gasteiger partial charge in [-0.3, -0.25) is 9.69 Å². The van der Waals surface area contributed by atoms with Crippen LogP contribution in [0.3, 0.4) is 0 Å². The van der Waals surface area contributed by atoms with Crippen LogP contribution in [0.25, 0.3) is 0 Å². The molecule has 3 fully saturated rings. The fourth-order valence-corrected chi connectivity index (χ4v) is 6.46. The minimum absolute atomic E-state index is 0.0633. The summed E-state index contributed by atoms with van der Waals surface area (Å²) in [6, 6.07) is 2.66. The molecule has 1 aliphatic carbocycles. The highest BCUT2D eigenvalue weighted by molar-refractivity contribution is 5.81. The van der Waals surface area contributed by atoms with Gasteiger partial charge in [-0.1, -0.05) is 32.1 Å².